The average molecular weight is 380 g/mol. The molecule has 27 heavy (non-hydrogen) atoms. The van der Waals surface area contributed by atoms with Crippen molar-refractivity contribution in [3.63, 3.8) is 0 Å². The Hall–Kier alpha value is -2.81. The average Bonchev–Trinajstić information content (AvgIpc) is 3.12. The number of rotatable bonds is 7. The summed E-state index contributed by atoms with van der Waals surface area (Å²) < 4.78 is 28.2. The van der Waals surface area contributed by atoms with Gasteiger partial charge in [0.25, 0.3) is 11.8 Å². The van der Waals surface area contributed by atoms with Gasteiger partial charge < -0.3 is 15.3 Å². The molecular weight excluding hydrogens is 358 g/mol. The van der Waals surface area contributed by atoms with Crippen LogP contribution in [0.2, 0.25) is 0 Å². The van der Waals surface area contributed by atoms with Crippen molar-refractivity contribution in [3.8, 4) is 0 Å². The fourth-order valence-corrected chi connectivity index (χ4v) is 2.44. The van der Waals surface area contributed by atoms with Crippen molar-refractivity contribution in [2.75, 3.05) is 25.0 Å². The first-order chi connectivity index (χ1) is 12.8. The van der Waals surface area contributed by atoms with Gasteiger partial charge in [0.2, 0.25) is 0 Å². The number of nitrogens with zero attached hydrogens (tertiary/aromatic N) is 2. The highest BCUT2D eigenvalue weighted by Crippen LogP contribution is 2.22. The predicted octanol–water partition coefficient (Wildman–Crippen LogP) is 2.52. The van der Waals surface area contributed by atoms with Crippen molar-refractivity contribution in [1.29, 1.82) is 0 Å². The smallest absolute Gasteiger partial charge is 0.276 e. The standard InChI is InChI=1S/C18H22F2N4O3/c1-4-24(5-6-25)18(27)11-7-15(13(20)8-12(11)19)21-17(26)16-9-14(10(2)3)22-23-16/h7-10,25H,4-6H2,1-3H3,(H,21,26)(H,22,23). The zero-order valence-electron chi connectivity index (χ0n) is 15.3. The van der Waals surface area contributed by atoms with Crippen LogP contribution in [0.15, 0.2) is 18.2 Å². The van der Waals surface area contributed by atoms with Crippen LogP contribution in [0, 0.1) is 11.6 Å². The minimum atomic E-state index is -1.05. The van der Waals surface area contributed by atoms with Crippen molar-refractivity contribution in [3.05, 3.63) is 46.8 Å². The van der Waals surface area contributed by atoms with Crippen LogP contribution in [0.1, 0.15) is 53.2 Å². The molecule has 0 aliphatic rings. The lowest BCUT2D eigenvalue weighted by Crippen LogP contribution is -2.34. The second kappa shape index (κ2) is 8.72. The van der Waals surface area contributed by atoms with Crippen LogP contribution in [0.5, 0.6) is 0 Å². The van der Waals surface area contributed by atoms with Crippen molar-refractivity contribution in [2.24, 2.45) is 0 Å². The van der Waals surface area contributed by atoms with Crippen LogP contribution in [-0.4, -0.2) is 51.7 Å². The number of aromatic nitrogens is 2. The summed E-state index contributed by atoms with van der Waals surface area (Å²) in [5.41, 5.74) is 0.0507. The number of aromatic amines is 1. The van der Waals surface area contributed by atoms with Gasteiger partial charge in [0.1, 0.15) is 11.6 Å². The number of aliphatic hydroxyl groups is 1. The topological polar surface area (TPSA) is 98.3 Å². The molecule has 0 atom stereocenters. The lowest BCUT2D eigenvalue weighted by Gasteiger charge is -2.20. The molecule has 3 N–H and O–H groups in total. The summed E-state index contributed by atoms with van der Waals surface area (Å²) >= 11 is 0. The Kier molecular flexibility index (Phi) is 6.62. The summed E-state index contributed by atoms with van der Waals surface area (Å²) in [5.74, 6) is -3.33. The van der Waals surface area contributed by atoms with Crippen LogP contribution in [-0.2, 0) is 0 Å². The Morgan fingerprint density at radius 3 is 2.52 bits per heavy atom. The van der Waals surface area contributed by atoms with Gasteiger partial charge in [0, 0.05) is 24.8 Å². The highest BCUT2D eigenvalue weighted by Gasteiger charge is 2.22. The molecule has 0 saturated carbocycles. The third-order valence-corrected chi connectivity index (χ3v) is 4.03. The molecule has 0 unspecified atom stereocenters. The fraction of sp³-hybridized carbons (Fsp3) is 0.389. The Balaban J connectivity index is 2.29. The van der Waals surface area contributed by atoms with Gasteiger partial charge in [0.05, 0.1) is 17.9 Å². The maximum atomic E-state index is 14.1. The van der Waals surface area contributed by atoms with Crippen molar-refractivity contribution >= 4 is 17.5 Å². The van der Waals surface area contributed by atoms with Crippen molar-refractivity contribution in [1.82, 2.24) is 15.1 Å². The van der Waals surface area contributed by atoms with E-state index in [2.05, 4.69) is 15.5 Å². The minimum Gasteiger partial charge on any atom is -0.395 e. The summed E-state index contributed by atoms with van der Waals surface area (Å²) in [6.45, 7) is 5.46. The monoisotopic (exact) mass is 380 g/mol. The molecule has 1 aromatic carbocycles. The van der Waals surface area contributed by atoms with Gasteiger partial charge in [-0.3, -0.25) is 14.7 Å². The van der Waals surface area contributed by atoms with E-state index in [0.29, 0.717) is 6.07 Å². The Morgan fingerprint density at radius 1 is 1.26 bits per heavy atom. The van der Waals surface area contributed by atoms with Crippen molar-refractivity contribution in [2.45, 2.75) is 26.7 Å². The van der Waals surface area contributed by atoms with E-state index in [-0.39, 0.29) is 37.0 Å². The Labute approximate surface area is 155 Å². The van der Waals surface area contributed by atoms with Gasteiger partial charge in [-0.1, -0.05) is 13.8 Å². The third-order valence-electron chi connectivity index (χ3n) is 4.03. The lowest BCUT2D eigenvalue weighted by molar-refractivity contribution is 0.0727. The summed E-state index contributed by atoms with van der Waals surface area (Å²) in [6.07, 6.45) is 0. The van der Waals surface area contributed by atoms with Crippen LogP contribution >= 0.6 is 0 Å². The summed E-state index contributed by atoms with van der Waals surface area (Å²) in [7, 11) is 0. The number of benzene rings is 1. The predicted molar refractivity (Wildman–Crippen MR) is 95.7 cm³/mol. The number of halogens is 2. The largest absolute Gasteiger partial charge is 0.395 e. The van der Waals surface area contributed by atoms with E-state index in [4.69, 9.17) is 5.11 Å². The van der Waals surface area contributed by atoms with Crippen LogP contribution < -0.4 is 5.32 Å². The minimum absolute atomic E-state index is 0.0130. The van der Waals surface area contributed by atoms with E-state index in [1.54, 1.807) is 6.92 Å². The van der Waals surface area contributed by atoms with Gasteiger partial charge in [-0.05, 0) is 25.0 Å². The number of hydrogen-bond acceptors (Lipinski definition) is 4. The summed E-state index contributed by atoms with van der Waals surface area (Å²) in [6, 6.07) is 3.02. The molecule has 9 heteroatoms. The zero-order valence-corrected chi connectivity index (χ0v) is 15.3. The quantitative estimate of drug-likeness (QED) is 0.687. The molecule has 2 rings (SSSR count). The van der Waals surface area contributed by atoms with E-state index >= 15 is 0 Å². The first kappa shape index (κ1) is 20.5. The van der Waals surface area contributed by atoms with Gasteiger partial charge in [-0.25, -0.2) is 8.78 Å². The number of anilines is 1. The van der Waals surface area contributed by atoms with E-state index in [0.717, 1.165) is 11.8 Å². The molecule has 0 spiro atoms. The van der Waals surface area contributed by atoms with E-state index in [9.17, 15) is 18.4 Å². The molecule has 0 aliphatic carbocycles. The zero-order chi connectivity index (χ0) is 20.1. The molecule has 7 nitrogen and oxygen atoms in total. The molecule has 2 aromatic rings. The second-order valence-electron chi connectivity index (χ2n) is 6.24. The molecule has 0 aliphatic heterocycles. The van der Waals surface area contributed by atoms with E-state index < -0.39 is 29.0 Å². The number of nitrogens with one attached hydrogen (secondary N) is 2. The molecular formula is C18H22F2N4O3. The number of aliphatic hydroxyl groups excluding tert-OH is 1. The van der Waals surface area contributed by atoms with E-state index in [1.807, 2.05) is 13.8 Å². The van der Waals surface area contributed by atoms with Gasteiger partial charge >= 0.3 is 0 Å². The second-order valence-corrected chi connectivity index (χ2v) is 6.24. The maximum absolute atomic E-state index is 14.1. The molecule has 1 aromatic heterocycles. The number of carbonyl (C=O) groups excluding carboxylic acids is 2. The van der Waals surface area contributed by atoms with Gasteiger partial charge in [0.15, 0.2) is 5.69 Å². The molecule has 0 radical (unpaired) electrons. The maximum Gasteiger partial charge on any atom is 0.276 e. The molecule has 0 fully saturated rings. The van der Waals surface area contributed by atoms with E-state index in [1.165, 1.54) is 11.0 Å². The molecule has 1 heterocycles. The fourth-order valence-electron chi connectivity index (χ4n) is 2.44. The molecule has 146 valence electrons. The molecule has 2 amide bonds. The van der Waals surface area contributed by atoms with Crippen LogP contribution in [0.3, 0.4) is 0 Å². The third kappa shape index (κ3) is 4.68. The number of amides is 2. The summed E-state index contributed by atoms with van der Waals surface area (Å²) in [4.78, 5) is 25.9. The SMILES string of the molecule is CCN(CCO)C(=O)c1cc(NC(=O)c2cc(C(C)C)[nH]n2)c(F)cc1F. The molecule has 0 bridgehead atoms. The number of likely N-dealkylation sites (N-methyl/N-ethyl adjacent to an activating group) is 1. The van der Waals surface area contributed by atoms with Crippen molar-refractivity contribution < 1.29 is 23.5 Å². The van der Waals surface area contributed by atoms with Gasteiger partial charge in [-0.15, -0.1) is 0 Å². The number of hydrogen-bond donors (Lipinski definition) is 3. The van der Waals surface area contributed by atoms with Crippen LogP contribution in [0.4, 0.5) is 14.5 Å². The highest BCUT2D eigenvalue weighted by molar-refractivity contribution is 6.04. The highest BCUT2D eigenvalue weighted by atomic mass is 19.1. The number of carbonyl (C=O) groups is 2. The van der Waals surface area contributed by atoms with Gasteiger partial charge in [-0.2, -0.15) is 5.10 Å². The Morgan fingerprint density at radius 2 is 1.96 bits per heavy atom. The number of H-pyrrole nitrogens is 1. The molecule has 0 saturated heterocycles. The summed E-state index contributed by atoms with van der Waals surface area (Å²) in [5, 5.41) is 17.9. The first-order valence-corrected chi connectivity index (χ1v) is 8.54. The Bertz CT molecular complexity index is 836. The lowest BCUT2D eigenvalue weighted by atomic mass is 10.1. The normalized spacial score (nSPS) is 10.9. The van der Waals surface area contributed by atoms with Crippen LogP contribution in [0.25, 0.3) is 0 Å². The first-order valence-electron chi connectivity index (χ1n) is 8.54.